The molecule has 25 heavy (non-hydrogen) atoms. The molecule has 1 N–H and O–H groups in total. The van der Waals surface area contributed by atoms with Gasteiger partial charge in [0.05, 0.1) is 22.1 Å². The molecule has 0 aliphatic rings. The van der Waals surface area contributed by atoms with E-state index in [4.69, 9.17) is 0 Å². The van der Waals surface area contributed by atoms with Crippen molar-refractivity contribution in [2.75, 3.05) is 6.54 Å². The molecule has 142 valence electrons. The number of hydrogen-bond donors (Lipinski definition) is 1. The first kappa shape index (κ1) is 21.2. The second-order valence-electron chi connectivity index (χ2n) is 5.10. The van der Waals surface area contributed by atoms with Crippen LogP contribution in [0, 0.1) is 0 Å². The molecule has 0 heterocycles. The Bertz CT molecular complexity index is 708. The molecular weight excluding hydrogens is 380 g/mol. The molecule has 5 nitrogen and oxygen atoms in total. The summed E-state index contributed by atoms with van der Waals surface area (Å²) in [6.07, 6.45) is -11.0. The van der Waals surface area contributed by atoms with Gasteiger partial charge in [0.15, 0.2) is 0 Å². The lowest BCUT2D eigenvalue weighted by Gasteiger charge is -2.15. The summed E-state index contributed by atoms with van der Waals surface area (Å²) < 4.78 is 106. The lowest BCUT2D eigenvalue weighted by molar-refractivity contribution is -0.146. The van der Waals surface area contributed by atoms with Crippen molar-refractivity contribution in [2.45, 2.75) is 37.2 Å². The van der Waals surface area contributed by atoms with Crippen LogP contribution in [0.15, 0.2) is 23.1 Å². The van der Waals surface area contributed by atoms with Crippen LogP contribution >= 0.6 is 0 Å². The summed E-state index contributed by atoms with van der Waals surface area (Å²) in [5.74, 6) is -1.04. The Morgan fingerprint density at radius 3 is 1.84 bits per heavy atom. The summed E-state index contributed by atoms with van der Waals surface area (Å²) in [5.41, 5.74) is -3.57. The first-order valence-electron chi connectivity index (χ1n) is 6.61. The van der Waals surface area contributed by atoms with E-state index in [1.165, 1.54) is 13.8 Å². The Morgan fingerprint density at radius 2 is 1.48 bits per heavy atom. The number of alkyl halides is 6. The highest BCUT2D eigenvalue weighted by Gasteiger charge is 2.38. The average molecular weight is 393 g/mol. The van der Waals surface area contributed by atoms with E-state index < -0.39 is 57.0 Å². The van der Waals surface area contributed by atoms with Gasteiger partial charge in [-0.3, -0.25) is 4.79 Å². The lowest BCUT2D eigenvalue weighted by atomic mass is 10.1. The molecule has 0 saturated heterocycles. The topological polar surface area (TPSA) is 72.5 Å². The van der Waals surface area contributed by atoms with E-state index in [9.17, 15) is 39.6 Å². The van der Waals surface area contributed by atoms with Gasteiger partial charge in [0.25, 0.3) is 0 Å². The molecule has 0 radical (unpaired) electrons. The van der Waals surface area contributed by atoms with Crippen LogP contribution in [0.1, 0.15) is 25.0 Å². The Kier molecular flexibility index (Phi) is 6.11. The first-order valence-corrected chi connectivity index (χ1v) is 8.10. The lowest BCUT2D eigenvalue weighted by Crippen LogP contribution is -2.32. The van der Waals surface area contributed by atoms with E-state index in [1.807, 2.05) is 0 Å². The van der Waals surface area contributed by atoms with Gasteiger partial charge < -0.3 is 4.74 Å². The van der Waals surface area contributed by atoms with E-state index in [2.05, 4.69) is 4.74 Å². The van der Waals surface area contributed by atoms with Crippen LogP contribution in [0.5, 0.6) is 0 Å². The number of hydrogen-bond acceptors (Lipinski definition) is 4. The van der Waals surface area contributed by atoms with Crippen LogP contribution < -0.4 is 4.72 Å². The molecule has 1 aromatic carbocycles. The van der Waals surface area contributed by atoms with Gasteiger partial charge in [-0.05, 0) is 32.0 Å². The van der Waals surface area contributed by atoms with E-state index in [0.29, 0.717) is 0 Å². The Hall–Kier alpha value is -1.82. The normalized spacial score (nSPS) is 13.2. The molecule has 0 spiro atoms. The molecule has 0 unspecified atom stereocenters. The van der Waals surface area contributed by atoms with Gasteiger partial charge in [-0.1, -0.05) is 0 Å². The molecule has 12 heteroatoms. The van der Waals surface area contributed by atoms with Gasteiger partial charge in [0, 0.05) is 0 Å². The second-order valence-corrected chi connectivity index (χ2v) is 6.87. The molecule has 1 rings (SSSR count). The monoisotopic (exact) mass is 393 g/mol. The maximum Gasteiger partial charge on any atom is 0.416 e. The smallest absolute Gasteiger partial charge is 0.416 e. The maximum atomic E-state index is 12.7. The van der Waals surface area contributed by atoms with Gasteiger partial charge in [-0.2, -0.15) is 31.1 Å². The van der Waals surface area contributed by atoms with Crippen LogP contribution in [-0.2, 0) is 31.9 Å². The number of ether oxygens (including phenoxy) is 1. The van der Waals surface area contributed by atoms with Crippen LogP contribution in [-0.4, -0.2) is 27.0 Å². The number of sulfonamides is 1. The van der Waals surface area contributed by atoms with Crippen LogP contribution in [0.4, 0.5) is 26.3 Å². The summed E-state index contributed by atoms with van der Waals surface area (Å²) in [5, 5.41) is 0. The summed E-state index contributed by atoms with van der Waals surface area (Å²) in [7, 11) is -4.81. The number of carbonyl (C=O) groups excluding carboxylic acids is 1. The van der Waals surface area contributed by atoms with Gasteiger partial charge in [-0.15, -0.1) is 0 Å². The molecular formula is C13H13F6NO4S. The third-order valence-corrected chi connectivity index (χ3v) is 4.03. The van der Waals surface area contributed by atoms with Crippen molar-refractivity contribution in [3.8, 4) is 0 Å². The van der Waals surface area contributed by atoms with E-state index in [-0.39, 0.29) is 18.2 Å². The third kappa shape index (κ3) is 6.20. The van der Waals surface area contributed by atoms with Gasteiger partial charge >= 0.3 is 18.3 Å². The van der Waals surface area contributed by atoms with Crippen LogP contribution in [0.3, 0.4) is 0 Å². The predicted octanol–water partition coefficient (Wildman–Crippen LogP) is 2.95. The quantitative estimate of drug-likeness (QED) is 0.617. The molecule has 0 bridgehead atoms. The van der Waals surface area contributed by atoms with Crippen molar-refractivity contribution in [1.29, 1.82) is 0 Å². The Balaban J connectivity index is 3.23. The highest BCUT2D eigenvalue weighted by Crippen LogP contribution is 2.37. The third-order valence-electron chi connectivity index (χ3n) is 2.65. The molecule has 0 aromatic heterocycles. The zero-order valence-electron chi connectivity index (χ0n) is 12.8. The summed E-state index contributed by atoms with van der Waals surface area (Å²) in [6.45, 7) is 1.99. The number of esters is 1. The Labute approximate surface area is 139 Å². The average Bonchev–Trinajstić information content (AvgIpc) is 2.42. The number of halogens is 6. The van der Waals surface area contributed by atoms with Crippen molar-refractivity contribution >= 4 is 16.0 Å². The number of benzene rings is 1. The zero-order valence-corrected chi connectivity index (χ0v) is 13.6. The van der Waals surface area contributed by atoms with Gasteiger partial charge in [0.1, 0.15) is 6.54 Å². The zero-order chi connectivity index (χ0) is 19.6. The van der Waals surface area contributed by atoms with E-state index in [0.717, 1.165) is 0 Å². The van der Waals surface area contributed by atoms with Crippen LogP contribution in [0.25, 0.3) is 0 Å². The number of carbonyl (C=O) groups is 1. The predicted molar refractivity (Wildman–Crippen MR) is 72.9 cm³/mol. The SMILES string of the molecule is CC(C)OC(=O)CNS(=O)(=O)c1cc(C(F)(F)F)cc(C(F)(F)F)c1. The minimum atomic E-state index is -5.19. The highest BCUT2D eigenvalue weighted by atomic mass is 32.2. The van der Waals surface area contributed by atoms with E-state index in [1.54, 1.807) is 4.72 Å². The summed E-state index contributed by atoms with van der Waals surface area (Å²) in [6, 6.07) is -0.108. The van der Waals surface area contributed by atoms with Gasteiger partial charge in [-0.25, -0.2) is 8.42 Å². The van der Waals surface area contributed by atoms with E-state index >= 15 is 0 Å². The van der Waals surface area contributed by atoms with Crippen molar-refractivity contribution in [3.63, 3.8) is 0 Å². The fraction of sp³-hybridized carbons (Fsp3) is 0.462. The minimum absolute atomic E-state index is 0.0470. The number of nitrogens with one attached hydrogen (secondary N) is 1. The molecule has 0 amide bonds. The van der Waals surface area contributed by atoms with Crippen molar-refractivity contribution in [2.24, 2.45) is 0 Å². The summed E-state index contributed by atoms with van der Waals surface area (Å²) >= 11 is 0. The summed E-state index contributed by atoms with van der Waals surface area (Å²) in [4.78, 5) is 10.0. The molecule has 0 fully saturated rings. The minimum Gasteiger partial charge on any atom is -0.462 e. The molecule has 0 saturated carbocycles. The molecule has 0 aliphatic heterocycles. The Morgan fingerprint density at radius 1 is 1.04 bits per heavy atom. The maximum absolute atomic E-state index is 12.7. The molecule has 1 aromatic rings. The highest BCUT2D eigenvalue weighted by molar-refractivity contribution is 7.89. The number of rotatable bonds is 5. The van der Waals surface area contributed by atoms with Gasteiger partial charge in [0.2, 0.25) is 10.0 Å². The molecule has 0 aliphatic carbocycles. The van der Waals surface area contributed by atoms with Crippen molar-refractivity contribution < 1.29 is 44.3 Å². The van der Waals surface area contributed by atoms with Crippen LogP contribution in [0.2, 0.25) is 0 Å². The van der Waals surface area contributed by atoms with Crippen molar-refractivity contribution in [3.05, 3.63) is 29.3 Å². The van der Waals surface area contributed by atoms with Crippen molar-refractivity contribution in [1.82, 2.24) is 4.72 Å². The fourth-order valence-electron chi connectivity index (χ4n) is 1.62. The second kappa shape index (κ2) is 7.20. The fourth-order valence-corrected chi connectivity index (χ4v) is 2.66. The largest absolute Gasteiger partial charge is 0.462 e. The standard InChI is InChI=1S/C13H13F6NO4S/c1-7(2)24-11(21)6-20-25(22,23)10-4-8(12(14,15)16)3-9(5-10)13(17,18)19/h3-5,7,20H,6H2,1-2H3. The first-order chi connectivity index (χ1) is 11.1. The molecule has 0 atom stereocenters.